The molecule has 5 heteroatoms. The first-order chi connectivity index (χ1) is 10.7. The Bertz CT molecular complexity index is 766. The van der Waals surface area contributed by atoms with E-state index < -0.39 is 0 Å². The Kier molecular flexibility index (Phi) is 4.15. The fourth-order valence-corrected chi connectivity index (χ4v) is 2.83. The largest absolute Gasteiger partial charge is 0.497 e. The first-order valence-corrected chi connectivity index (χ1v) is 7.97. The molecule has 3 nitrogen and oxygen atoms in total. The maximum Gasteiger partial charge on any atom is 0.172 e. The van der Waals surface area contributed by atoms with Crippen LogP contribution in [0.15, 0.2) is 59.9 Å². The molecule has 0 amide bonds. The highest BCUT2D eigenvalue weighted by Crippen LogP contribution is 2.29. The quantitative estimate of drug-likeness (QED) is 0.668. The van der Waals surface area contributed by atoms with Gasteiger partial charge in [0, 0.05) is 11.3 Å². The molecular weight excluding hydrogens is 299 g/mol. The lowest BCUT2D eigenvalue weighted by Crippen LogP contribution is -1.99. The first-order valence-electron chi connectivity index (χ1n) is 6.75. The fraction of sp³-hybridized carbons (Fsp3) is 0.118. The molecule has 2 aromatic carbocycles. The average Bonchev–Trinajstić information content (AvgIpc) is 2.99. The van der Waals surface area contributed by atoms with Crippen molar-refractivity contribution in [3.63, 3.8) is 0 Å². The molecule has 0 fully saturated rings. The smallest absolute Gasteiger partial charge is 0.172 e. The van der Waals surface area contributed by atoms with E-state index in [1.54, 1.807) is 31.0 Å². The van der Waals surface area contributed by atoms with Crippen LogP contribution in [-0.4, -0.2) is 22.9 Å². The second-order valence-corrected chi connectivity index (χ2v) is 5.44. The SMILES string of the molecule is COc1ccc(-c2cnc(SC)n2-c2ccc(F)cc2)cc1. The number of halogens is 1. The van der Waals surface area contributed by atoms with E-state index in [1.807, 2.05) is 41.3 Å². The number of aromatic nitrogens is 2. The Hall–Kier alpha value is -2.27. The van der Waals surface area contributed by atoms with Crippen molar-refractivity contribution < 1.29 is 9.13 Å². The third-order valence-corrected chi connectivity index (χ3v) is 4.04. The molecule has 22 heavy (non-hydrogen) atoms. The standard InChI is InChI=1S/C17H15FN2OS/c1-21-15-9-3-12(4-10-15)16-11-19-17(22-2)20(16)14-7-5-13(18)6-8-14/h3-11H,1-2H3. The molecule has 3 rings (SSSR count). The molecule has 0 bridgehead atoms. The van der Waals surface area contributed by atoms with E-state index in [-0.39, 0.29) is 5.82 Å². The number of benzene rings is 2. The third-order valence-electron chi connectivity index (χ3n) is 3.38. The summed E-state index contributed by atoms with van der Waals surface area (Å²) in [5, 5.41) is 0.859. The number of hydrogen-bond donors (Lipinski definition) is 0. The number of nitrogens with zero attached hydrogens (tertiary/aromatic N) is 2. The Balaban J connectivity index is 2.11. The van der Waals surface area contributed by atoms with Gasteiger partial charge in [-0.15, -0.1) is 0 Å². The second kappa shape index (κ2) is 6.23. The molecule has 0 N–H and O–H groups in total. The van der Waals surface area contributed by atoms with Crippen molar-refractivity contribution in [3.8, 4) is 22.7 Å². The molecule has 0 aliphatic rings. The maximum absolute atomic E-state index is 13.2. The molecule has 0 unspecified atom stereocenters. The van der Waals surface area contributed by atoms with Crippen LogP contribution in [0.4, 0.5) is 4.39 Å². The highest BCUT2D eigenvalue weighted by molar-refractivity contribution is 7.98. The van der Waals surface area contributed by atoms with E-state index in [0.29, 0.717) is 0 Å². The molecule has 3 aromatic rings. The van der Waals surface area contributed by atoms with Gasteiger partial charge >= 0.3 is 0 Å². The molecule has 0 aliphatic carbocycles. The summed E-state index contributed by atoms with van der Waals surface area (Å²) in [7, 11) is 1.64. The van der Waals surface area contributed by atoms with E-state index in [1.165, 1.54) is 12.1 Å². The number of thioether (sulfide) groups is 1. The highest BCUT2D eigenvalue weighted by atomic mass is 32.2. The Morgan fingerprint density at radius 3 is 2.32 bits per heavy atom. The van der Waals surface area contributed by atoms with Crippen molar-refractivity contribution in [2.75, 3.05) is 13.4 Å². The summed E-state index contributed by atoms with van der Waals surface area (Å²) in [5.41, 5.74) is 2.87. The van der Waals surface area contributed by atoms with Crippen LogP contribution in [0.25, 0.3) is 16.9 Å². The molecule has 0 aliphatic heterocycles. The lowest BCUT2D eigenvalue weighted by molar-refractivity contribution is 0.415. The lowest BCUT2D eigenvalue weighted by atomic mass is 10.1. The molecular formula is C17H15FN2OS. The second-order valence-electron chi connectivity index (χ2n) is 4.67. The Labute approximate surface area is 132 Å². The monoisotopic (exact) mass is 314 g/mol. The van der Waals surface area contributed by atoms with Crippen LogP contribution in [-0.2, 0) is 0 Å². The average molecular weight is 314 g/mol. The van der Waals surface area contributed by atoms with Crippen molar-refractivity contribution in [2.24, 2.45) is 0 Å². The molecule has 0 saturated heterocycles. The third kappa shape index (κ3) is 2.72. The van der Waals surface area contributed by atoms with Crippen molar-refractivity contribution in [1.82, 2.24) is 9.55 Å². The summed E-state index contributed by atoms with van der Waals surface area (Å²) >= 11 is 1.55. The number of hydrogen-bond acceptors (Lipinski definition) is 3. The normalized spacial score (nSPS) is 10.7. The van der Waals surface area contributed by atoms with E-state index in [9.17, 15) is 4.39 Å². The number of rotatable bonds is 4. The van der Waals surface area contributed by atoms with Gasteiger partial charge in [-0.2, -0.15) is 0 Å². The van der Waals surface area contributed by atoms with Gasteiger partial charge in [-0.3, -0.25) is 4.57 Å². The molecule has 0 saturated carbocycles. The van der Waals surface area contributed by atoms with Gasteiger partial charge in [-0.25, -0.2) is 9.37 Å². The summed E-state index contributed by atoms with van der Waals surface area (Å²) < 4.78 is 20.4. The van der Waals surface area contributed by atoms with Crippen LogP contribution in [0.3, 0.4) is 0 Å². The van der Waals surface area contributed by atoms with Crippen LogP contribution in [0.1, 0.15) is 0 Å². The molecule has 1 heterocycles. The van der Waals surface area contributed by atoms with Gasteiger partial charge in [0.15, 0.2) is 5.16 Å². The highest BCUT2D eigenvalue weighted by Gasteiger charge is 2.13. The Morgan fingerprint density at radius 1 is 1.05 bits per heavy atom. The summed E-state index contributed by atoms with van der Waals surface area (Å²) in [6, 6.07) is 14.2. The van der Waals surface area contributed by atoms with Crippen LogP contribution < -0.4 is 4.74 Å². The van der Waals surface area contributed by atoms with Gasteiger partial charge in [0.25, 0.3) is 0 Å². The summed E-state index contributed by atoms with van der Waals surface area (Å²) in [6.45, 7) is 0. The van der Waals surface area contributed by atoms with Gasteiger partial charge in [-0.1, -0.05) is 11.8 Å². The summed E-state index contributed by atoms with van der Waals surface area (Å²) in [6.07, 6.45) is 3.80. The van der Waals surface area contributed by atoms with Crippen molar-refractivity contribution in [1.29, 1.82) is 0 Å². The topological polar surface area (TPSA) is 27.1 Å². The van der Waals surface area contributed by atoms with Gasteiger partial charge in [0.1, 0.15) is 11.6 Å². The van der Waals surface area contributed by atoms with Crippen molar-refractivity contribution >= 4 is 11.8 Å². The minimum atomic E-state index is -0.249. The zero-order valence-corrected chi connectivity index (χ0v) is 13.1. The van der Waals surface area contributed by atoms with Crippen LogP contribution in [0.5, 0.6) is 5.75 Å². The first kappa shape index (κ1) is 14.7. The van der Waals surface area contributed by atoms with Crippen molar-refractivity contribution in [2.45, 2.75) is 5.16 Å². The van der Waals surface area contributed by atoms with Crippen molar-refractivity contribution in [3.05, 3.63) is 60.5 Å². The Morgan fingerprint density at radius 2 is 1.73 bits per heavy atom. The van der Waals surface area contributed by atoms with E-state index in [0.717, 1.165) is 27.9 Å². The van der Waals surface area contributed by atoms with Gasteiger partial charge in [0.2, 0.25) is 0 Å². The predicted octanol–water partition coefficient (Wildman–Crippen LogP) is 4.41. The zero-order valence-electron chi connectivity index (χ0n) is 12.3. The maximum atomic E-state index is 13.2. The van der Waals surface area contributed by atoms with E-state index in [4.69, 9.17) is 4.74 Å². The van der Waals surface area contributed by atoms with E-state index >= 15 is 0 Å². The summed E-state index contributed by atoms with van der Waals surface area (Å²) in [4.78, 5) is 4.45. The lowest BCUT2D eigenvalue weighted by Gasteiger charge is -2.11. The molecule has 1 aromatic heterocycles. The van der Waals surface area contributed by atoms with Crippen LogP contribution in [0, 0.1) is 5.82 Å². The summed E-state index contributed by atoms with van der Waals surface area (Å²) in [5.74, 6) is 0.558. The zero-order chi connectivity index (χ0) is 15.5. The minimum Gasteiger partial charge on any atom is -0.497 e. The molecule has 112 valence electrons. The fourth-order valence-electron chi connectivity index (χ4n) is 2.28. The van der Waals surface area contributed by atoms with Crippen LogP contribution in [0.2, 0.25) is 0 Å². The predicted molar refractivity (Wildman–Crippen MR) is 87.3 cm³/mol. The van der Waals surface area contributed by atoms with E-state index in [2.05, 4.69) is 4.98 Å². The number of methoxy groups -OCH3 is 1. The molecule has 0 atom stereocenters. The van der Waals surface area contributed by atoms with Crippen LogP contribution >= 0.6 is 11.8 Å². The van der Waals surface area contributed by atoms with Gasteiger partial charge < -0.3 is 4.74 Å². The van der Waals surface area contributed by atoms with Gasteiger partial charge in [0.05, 0.1) is 19.0 Å². The minimum absolute atomic E-state index is 0.249. The van der Waals surface area contributed by atoms with Gasteiger partial charge in [-0.05, 0) is 54.8 Å². The number of imidazole rings is 1. The molecule has 0 spiro atoms. The number of ether oxygens (including phenoxy) is 1. The molecule has 0 radical (unpaired) electrons.